The Bertz CT molecular complexity index is 812. The number of nitrogens with one attached hydrogen (secondary N) is 2. The van der Waals surface area contributed by atoms with E-state index in [1.54, 1.807) is 6.92 Å². The van der Waals surface area contributed by atoms with Gasteiger partial charge >= 0.3 is 6.18 Å². The molecule has 7 nitrogen and oxygen atoms in total. The van der Waals surface area contributed by atoms with Crippen molar-refractivity contribution in [2.45, 2.75) is 19.1 Å². The number of alkyl halides is 3. The largest absolute Gasteiger partial charge is 0.421 e. The predicted octanol–water partition coefficient (Wildman–Crippen LogP) is 2.48. The third-order valence-corrected chi connectivity index (χ3v) is 3.04. The Morgan fingerprint density at radius 1 is 1.42 bits per heavy atom. The quantitative estimate of drug-likeness (QED) is 0.834. The van der Waals surface area contributed by atoms with Crippen LogP contribution in [0.2, 0.25) is 0 Å². The van der Waals surface area contributed by atoms with Crippen LogP contribution in [-0.4, -0.2) is 26.8 Å². The van der Waals surface area contributed by atoms with Crippen LogP contribution in [0.4, 0.5) is 30.6 Å². The highest BCUT2D eigenvalue weighted by atomic mass is 19.4. The van der Waals surface area contributed by atoms with Gasteiger partial charge in [0.25, 0.3) is 0 Å². The lowest BCUT2D eigenvalue weighted by Gasteiger charge is -2.12. The summed E-state index contributed by atoms with van der Waals surface area (Å²) in [5, 5.41) is 18.2. The second-order valence-corrected chi connectivity index (χ2v) is 4.64. The van der Waals surface area contributed by atoms with E-state index in [0.29, 0.717) is 17.6 Å². The van der Waals surface area contributed by atoms with E-state index in [1.807, 2.05) is 6.07 Å². The van der Waals surface area contributed by atoms with Crippen LogP contribution in [-0.2, 0) is 6.18 Å². The number of aryl methyl sites for hydroxylation is 1. The van der Waals surface area contributed by atoms with E-state index in [0.717, 1.165) is 0 Å². The van der Waals surface area contributed by atoms with Gasteiger partial charge in [0.05, 0.1) is 17.6 Å². The second-order valence-electron chi connectivity index (χ2n) is 4.64. The molecule has 10 heteroatoms. The average Bonchev–Trinajstić information content (AvgIpc) is 2.88. The highest BCUT2D eigenvalue weighted by Crippen LogP contribution is 2.33. The zero-order valence-corrected chi connectivity index (χ0v) is 12.7. The molecule has 0 radical (unpaired) electrons. The maximum absolute atomic E-state index is 12.8. The lowest BCUT2D eigenvalue weighted by atomic mass is 10.3. The summed E-state index contributed by atoms with van der Waals surface area (Å²) in [6, 6.07) is 0.997. The maximum Gasteiger partial charge on any atom is 0.421 e. The first-order valence-electron chi connectivity index (χ1n) is 6.60. The zero-order chi connectivity index (χ0) is 17.9. The van der Waals surface area contributed by atoms with Crippen LogP contribution < -0.4 is 10.6 Å². The molecule has 2 aromatic rings. The van der Waals surface area contributed by atoms with Gasteiger partial charge in [0, 0.05) is 13.2 Å². The van der Waals surface area contributed by atoms with Gasteiger partial charge in [-0.1, -0.05) is 5.92 Å². The molecule has 2 heterocycles. The number of hydrogen-bond donors (Lipinski definition) is 2. The molecule has 2 rings (SSSR count). The van der Waals surface area contributed by atoms with Crippen LogP contribution in [0.15, 0.2) is 12.4 Å². The first-order chi connectivity index (χ1) is 11.3. The van der Waals surface area contributed by atoms with E-state index in [1.165, 1.54) is 17.9 Å². The van der Waals surface area contributed by atoms with E-state index in [-0.39, 0.29) is 11.8 Å². The topological polar surface area (TPSA) is 91.5 Å². The first-order valence-corrected chi connectivity index (χ1v) is 6.60. The summed E-state index contributed by atoms with van der Waals surface area (Å²) in [6.07, 6.45) is 2.81. The standard InChI is InChI=1S/C14H12F3N7/c1-4-9(5-18)24-7-11(8(2)23-24)21-13-20-6-10(14(15,16)17)12(19-3)22-13/h1,6-7,9H,2-3H3,(H2,19,20,21,22)/t9-/m1/s1. The van der Waals surface area contributed by atoms with Gasteiger partial charge in [-0.2, -0.15) is 28.5 Å². The number of aromatic nitrogens is 4. The van der Waals surface area contributed by atoms with Crippen molar-refractivity contribution in [3.8, 4) is 18.4 Å². The van der Waals surface area contributed by atoms with Crippen LogP contribution in [0.25, 0.3) is 0 Å². The van der Waals surface area contributed by atoms with E-state index >= 15 is 0 Å². The molecule has 0 spiro atoms. The van der Waals surface area contributed by atoms with Crippen molar-refractivity contribution >= 4 is 17.5 Å². The molecule has 24 heavy (non-hydrogen) atoms. The molecule has 2 aromatic heterocycles. The van der Waals surface area contributed by atoms with Gasteiger partial charge in [0.2, 0.25) is 5.95 Å². The van der Waals surface area contributed by atoms with Crippen LogP contribution in [0.5, 0.6) is 0 Å². The molecule has 0 aliphatic rings. The van der Waals surface area contributed by atoms with Crippen molar-refractivity contribution in [3.63, 3.8) is 0 Å². The van der Waals surface area contributed by atoms with Crippen LogP contribution >= 0.6 is 0 Å². The van der Waals surface area contributed by atoms with Gasteiger partial charge in [-0.3, -0.25) is 0 Å². The molecule has 0 saturated carbocycles. The fourth-order valence-corrected chi connectivity index (χ4v) is 1.87. The molecule has 0 aromatic carbocycles. The van der Waals surface area contributed by atoms with Crippen molar-refractivity contribution in [2.24, 2.45) is 0 Å². The minimum absolute atomic E-state index is 0.0517. The SMILES string of the molecule is C#C[C@H](C#N)n1cc(Nc2ncc(C(F)(F)F)c(NC)n2)c(C)n1. The molecule has 0 unspecified atom stereocenters. The zero-order valence-electron chi connectivity index (χ0n) is 12.7. The maximum atomic E-state index is 12.8. The number of rotatable bonds is 4. The molecular weight excluding hydrogens is 323 g/mol. The number of hydrogen-bond acceptors (Lipinski definition) is 6. The molecule has 1 atom stereocenters. The Labute approximate surface area is 135 Å². The van der Waals surface area contributed by atoms with Gasteiger partial charge in [-0.05, 0) is 6.92 Å². The Kier molecular flexibility index (Phi) is 4.60. The number of halogens is 3. The minimum Gasteiger partial charge on any atom is -0.372 e. The summed E-state index contributed by atoms with van der Waals surface area (Å²) in [4.78, 5) is 7.45. The number of terminal acetylenes is 1. The molecule has 2 N–H and O–H groups in total. The smallest absolute Gasteiger partial charge is 0.372 e. The monoisotopic (exact) mass is 335 g/mol. The van der Waals surface area contributed by atoms with Crippen molar-refractivity contribution in [3.05, 3.63) is 23.7 Å². The Morgan fingerprint density at radius 3 is 2.67 bits per heavy atom. The third-order valence-electron chi connectivity index (χ3n) is 3.04. The number of anilines is 3. The lowest BCUT2D eigenvalue weighted by molar-refractivity contribution is -0.137. The molecule has 0 aliphatic heterocycles. The Hall–Kier alpha value is -3.27. The van der Waals surface area contributed by atoms with E-state index < -0.39 is 17.8 Å². The number of nitriles is 1. The van der Waals surface area contributed by atoms with Gasteiger partial charge < -0.3 is 10.6 Å². The van der Waals surface area contributed by atoms with Crippen molar-refractivity contribution < 1.29 is 13.2 Å². The van der Waals surface area contributed by atoms with E-state index in [4.69, 9.17) is 11.7 Å². The van der Waals surface area contributed by atoms with Gasteiger partial charge in [0.1, 0.15) is 17.5 Å². The minimum atomic E-state index is -4.56. The fourth-order valence-electron chi connectivity index (χ4n) is 1.87. The Morgan fingerprint density at radius 2 is 2.12 bits per heavy atom. The average molecular weight is 335 g/mol. The van der Waals surface area contributed by atoms with Crippen molar-refractivity contribution in [2.75, 3.05) is 17.7 Å². The molecule has 0 fully saturated rings. The normalized spacial score (nSPS) is 12.1. The highest BCUT2D eigenvalue weighted by molar-refractivity contribution is 5.58. The van der Waals surface area contributed by atoms with Crippen LogP contribution in [0, 0.1) is 30.6 Å². The van der Waals surface area contributed by atoms with E-state index in [9.17, 15) is 13.2 Å². The lowest BCUT2D eigenvalue weighted by Crippen LogP contribution is -2.12. The fraction of sp³-hybridized carbons (Fsp3) is 0.286. The summed E-state index contributed by atoms with van der Waals surface area (Å²) in [6.45, 7) is 1.65. The van der Waals surface area contributed by atoms with Gasteiger partial charge in [-0.25, -0.2) is 9.67 Å². The van der Waals surface area contributed by atoms with Crippen LogP contribution in [0.3, 0.4) is 0 Å². The first kappa shape index (κ1) is 17.1. The van der Waals surface area contributed by atoms with Crippen LogP contribution in [0.1, 0.15) is 17.3 Å². The Balaban J connectivity index is 2.33. The predicted molar refractivity (Wildman–Crippen MR) is 80.3 cm³/mol. The molecular formula is C14H12F3N7. The van der Waals surface area contributed by atoms with Crippen molar-refractivity contribution in [1.29, 1.82) is 5.26 Å². The highest BCUT2D eigenvalue weighted by Gasteiger charge is 2.35. The summed E-state index contributed by atoms with van der Waals surface area (Å²) in [5.74, 6) is 1.85. The number of nitrogens with zero attached hydrogens (tertiary/aromatic N) is 5. The third kappa shape index (κ3) is 3.38. The molecule has 0 bridgehead atoms. The summed E-state index contributed by atoms with van der Waals surface area (Å²) >= 11 is 0. The molecule has 0 aliphatic carbocycles. The second kappa shape index (κ2) is 6.46. The van der Waals surface area contributed by atoms with Crippen molar-refractivity contribution in [1.82, 2.24) is 19.7 Å². The molecule has 0 saturated heterocycles. The summed E-state index contributed by atoms with van der Waals surface area (Å²) in [5.41, 5.74) is -0.0628. The summed E-state index contributed by atoms with van der Waals surface area (Å²) in [7, 11) is 1.33. The van der Waals surface area contributed by atoms with Gasteiger partial charge in [0.15, 0.2) is 6.04 Å². The van der Waals surface area contributed by atoms with Gasteiger partial charge in [-0.15, -0.1) is 6.42 Å². The molecule has 124 valence electrons. The summed E-state index contributed by atoms with van der Waals surface area (Å²) < 4.78 is 39.7. The van der Waals surface area contributed by atoms with E-state index in [2.05, 4.69) is 31.6 Å². The molecule has 0 amide bonds.